The Bertz CT molecular complexity index is 1570. The number of carbonyl (C=O) groups excluding carboxylic acids is 4. The maximum Gasteiger partial charge on any atom is 0.319 e. The number of benzene rings is 3. The molecule has 1 saturated carbocycles. The SMILES string of the molecule is CC(C)(C)OC(=O)Cc1cccc(NC(=O)NCC(=O)N(CCC2CCCC2)c2ccccc2OCC(=O)NCc2cccc(Cl)c2)c1. The number of halogens is 1. The van der Waals surface area contributed by atoms with E-state index in [2.05, 4.69) is 16.0 Å². The summed E-state index contributed by atoms with van der Waals surface area (Å²) in [5, 5.41) is 8.81. The van der Waals surface area contributed by atoms with Crippen LogP contribution in [-0.2, 0) is 32.1 Å². The summed E-state index contributed by atoms with van der Waals surface area (Å²) in [4.78, 5) is 53.0. The number of esters is 1. The molecule has 4 amide bonds. The number of nitrogens with one attached hydrogen (secondary N) is 3. The lowest BCUT2D eigenvalue weighted by molar-refractivity contribution is -0.153. The van der Waals surface area contributed by atoms with Crippen molar-refractivity contribution in [3.8, 4) is 5.75 Å². The van der Waals surface area contributed by atoms with Gasteiger partial charge in [0.25, 0.3) is 5.91 Å². The van der Waals surface area contributed by atoms with Gasteiger partial charge in [0, 0.05) is 23.8 Å². The molecule has 0 saturated heterocycles. The van der Waals surface area contributed by atoms with Gasteiger partial charge in [0.05, 0.1) is 18.7 Å². The van der Waals surface area contributed by atoms with Gasteiger partial charge in [-0.05, 0) is 80.6 Å². The maximum absolute atomic E-state index is 13.7. The van der Waals surface area contributed by atoms with Crippen molar-refractivity contribution in [3.05, 3.63) is 88.9 Å². The van der Waals surface area contributed by atoms with Crippen molar-refractivity contribution >= 4 is 46.8 Å². The summed E-state index contributed by atoms with van der Waals surface area (Å²) < 4.78 is 11.3. The first-order valence-electron chi connectivity index (χ1n) is 16.3. The Morgan fingerprint density at radius 2 is 1.62 bits per heavy atom. The number of anilines is 2. The lowest BCUT2D eigenvalue weighted by Crippen LogP contribution is -2.42. The van der Waals surface area contributed by atoms with Gasteiger partial charge in [0.15, 0.2) is 6.61 Å². The highest BCUT2D eigenvalue weighted by molar-refractivity contribution is 6.30. The van der Waals surface area contributed by atoms with Crippen LogP contribution in [-0.4, -0.2) is 49.1 Å². The van der Waals surface area contributed by atoms with Crippen LogP contribution >= 0.6 is 11.6 Å². The first-order valence-corrected chi connectivity index (χ1v) is 16.7. The fourth-order valence-electron chi connectivity index (χ4n) is 5.56. The Morgan fingerprint density at radius 1 is 0.896 bits per heavy atom. The number of ether oxygens (including phenoxy) is 2. The summed E-state index contributed by atoms with van der Waals surface area (Å²) in [5.41, 5.74) is 1.96. The van der Waals surface area contributed by atoms with Crippen LogP contribution in [0.25, 0.3) is 0 Å². The van der Waals surface area contributed by atoms with E-state index in [9.17, 15) is 19.2 Å². The highest BCUT2D eigenvalue weighted by Crippen LogP contribution is 2.32. The highest BCUT2D eigenvalue weighted by atomic mass is 35.5. The van der Waals surface area contributed by atoms with E-state index in [1.54, 1.807) is 80.3 Å². The third-order valence-corrected chi connectivity index (χ3v) is 8.02. The molecule has 1 fully saturated rings. The number of para-hydroxylation sites is 2. The molecule has 3 N–H and O–H groups in total. The molecule has 0 bridgehead atoms. The number of amides is 4. The van der Waals surface area contributed by atoms with Crippen molar-refractivity contribution in [2.24, 2.45) is 5.92 Å². The zero-order valence-electron chi connectivity index (χ0n) is 27.9. The summed E-state index contributed by atoms with van der Waals surface area (Å²) in [5.74, 6) is -0.0866. The third kappa shape index (κ3) is 12.2. The summed E-state index contributed by atoms with van der Waals surface area (Å²) in [7, 11) is 0. The highest BCUT2D eigenvalue weighted by Gasteiger charge is 2.24. The molecule has 0 unspecified atom stereocenters. The predicted octanol–water partition coefficient (Wildman–Crippen LogP) is 6.65. The summed E-state index contributed by atoms with van der Waals surface area (Å²) in [6, 6.07) is 20.7. The van der Waals surface area contributed by atoms with E-state index in [0.717, 1.165) is 24.8 Å². The van der Waals surface area contributed by atoms with E-state index >= 15 is 0 Å². The lowest BCUT2D eigenvalue weighted by atomic mass is 10.0. The monoisotopic (exact) mass is 676 g/mol. The fourth-order valence-corrected chi connectivity index (χ4v) is 5.78. The predicted molar refractivity (Wildman–Crippen MR) is 187 cm³/mol. The molecule has 0 radical (unpaired) electrons. The minimum atomic E-state index is -0.593. The summed E-state index contributed by atoms with van der Waals surface area (Å²) >= 11 is 6.04. The second-order valence-corrected chi connectivity index (χ2v) is 13.4. The molecule has 256 valence electrons. The molecule has 4 rings (SSSR count). The smallest absolute Gasteiger partial charge is 0.319 e. The van der Waals surface area contributed by atoms with Crippen LogP contribution in [0.5, 0.6) is 5.75 Å². The molecule has 3 aromatic rings. The molecule has 3 aromatic carbocycles. The van der Waals surface area contributed by atoms with E-state index in [-0.39, 0.29) is 37.4 Å². The standard InChI is InChI=1S/C37H45ClN4O6/c1-37(2,3)48-35(45)22-27-12-9-15-30(21-27)41-36(46)40-24-34(44)42(19-18-26-10-4-5-11-26)31-16-6-7-17-32(31)47-25-33(43)39-23-28-13-8-14-29(38)20-28/h6-9,12-17,20-21,26H,4-5,10-11,18-19,22-25H2,1-3H3,(H,39,43)(H2,40,41,46). The largest absolute Gasteiger partial charge is 0.482 e. The first kappa shape index (κ1) is 36.3. The van der Waals surface area contributed by atoms with E-state index in [0.29, 0.717) is 46.7 Å². The van der Waals surface area contributed by atoms with Gasteiger partial charge in [-0.3, -0.25) is 14.4 Å². The zero-order valence-corrected chi connectivity index (χ0v) is 28.6. The minimum Gasteiger partial charge on any atom is -0.482 e. The zero-order chi connectivity index (χ0) is 34.5. The van der Waals surface area contributed by atoms with Gasteiger partial charge in [0.1, 0.15) is 11.4 Å². The quantitative estimate of drug-likeness (QED) is 0.164. The topological polar surface area (TPSA) is 126 Å². The van der Waals surface area contributed by atoms with Crippen molar-refractivity contribution in [1.82, 2.24) is 10.6 Å². The van der Waals surface area contributed by atoms with Crippen molar-refractivity contribution in [2.45, 2.75) is 71.4 Å². The summed E-state index contributed by atoms with van der Waals surface area (Å²) in [6.45, 7) is 5.66. The molecule has 0 spiro atoms. The van der Waals surface area contributed by atoms with Gasteiger partial charge in [-0.1, -0.05) is 73.7 Å². The molecule has 1 aliphatic carbocycles. The van der Waals surface area contributed by atoms with Crippen LogP contribution < -0.4 is 25.6 Å². The molecule has 1 aliphatic rings. The average molecular weight is 677 g/mol. The molecule has 0 atom stereocenters. The molecule has 0 aliphatic heterocycles. The van der Waals surface area contributed by atoms with Crippen LogP contribution in [0.3, 0.4) is 0 Å². The number of nitrogens with zero attached hydrogens (tertiary/aromatic N) is 1. The van der Waals surface area contributed by atoms with E-state index < -0.39 is 11.6 Å². The van der Waals surface area contributed by atoms with Gasteiger partial charge in [-0.25, -0.2) is 4.79 Å². The third-order valence-electron chi connectivity index (χ3n) is 7.78. The second kappa shape index (κ2) is 17.5. The molecule has 10 nitrogen and oxygen atoms in total. The Hall–Kier alpha value is -4.57. The van der Waals surface area contributed by atoms with Crippen LogP contribution in [0.1, 0.15) is 64.0 Å². The van der Waals surface area contributed by atoms with E-state index in [1.165, 1.54) is 12.8 Å². The van der Waals surface area contributed by atoms with Crippen molar-refractivity contribution in [1.29, 1.82) is 0 Å². The number of hydrogen-bond donors (Lipinski definition) is 3. The first-order chi connectivity index (χ1) is 22.9. The van der Waals surface area contributed by atoms with E-state index in [4.69, 9.17) is 21.1 Å². The molecule has 48 heavy (non-hydrogen) atoms. The van der Waals surface area contributed by atoms with Crippen molar-refractivity contribution < 1.29 is 28.7 Å². The maximum atomic E-state index is 13.7. The second-order valence-electron chi connectivity index (χ2n) is 12.9. The number of hydrogen-bond acceptors (Lipinski definition) is 6. The minimum absolute atomic E-state index is 0.0634. The molecular weight excluding hydrogens is 632 g/mol. The van der Waals surface area contributed by atoms with Gasteiger partial charge in [0.2, 0.25) is 5.91 Å². The van der Waals surface area contributed by atoms with Crippen LogP contribution in [0.15, 0.2) is 72.8 Å². The Labute approximate surface area is 287 Å². The number of urea groups is 1. The summed E-state index contributed by atoms with van der Waals surface area (Å²) in [6.07, 6.45) is 5.50. The number of rotatable bonds is 14. The van der Waals surface area contributed by atoms with Gasteiger partial charge in [-0.2, -0.15) is 0 Å². The van der Waals surface area contributed by atoms with Crippen LogP contribution in [0.4, 0.5) is 16.2 Å². The van der Waals surface area contributed by atoms with Crippen molar-refractivity contribution in [2.75, 3.05) is 29.9 Å². The van der Waals surface area contributed by atoms with Gasteiger partial charge < -0.3 is 30.3 Å². The van der Waals surface area contributed by atoms with Crippen LogP contribution in [0.2, 0.25) is 5.02 Å². The Balaban J connectivity index is 1.37. The lowest BCUT2D eigenvalue weighted by Gasteiger charge is -2.26. The molecular formula is C37H45ClN4O6. The molecule has 0 aromatic heterocycles. The van der Waals surface area contributed by atoms with Crippen molar-refractivity contribution in [3.63, 3.8) is 0 Å². The Morgan fingerprint density at radius 3 is 2.38 bits per heavy atom. The molecule has 11 heteroatoms. The average Bonchev–Trinajstić information content (AvgIpc) is 3.55. The van der Waals surface area contributed by atoms with Gasteiger partial charge in [-0.15, -0.1) is 0 Å². The normalized spacial score (nSPS) is 13.0. The van der Waals surface area contributed by atoms with E-state index in [1.807, 2.05) is 18.2 Å². The van der Waals surface area contributed by atoms with Crippen LogP contribution in [0, 0.1) is 5.92 Å². The van der Waals surface area contributed by atoms with Gasteiger partial charge >= 0.3 is 12.0 Å². The fraction of sp³-hybridized carbons (Fsp3) is 0.405. The molecule has 0 heterocycles. The Kier molecular flexibility index (Phi) is 13.3. The number of carbonyl (C=O) groups is 4.